The Kier molecular flexibility index (Phi) is 3.89. The van der Waals surface area contributed by atoms with Crippen molar-refractivity contribution in [2.45, 2.75) is 6.92 Å². The summed E-state index contributed by atoms with van der Waals surface area (Å²) in [6.07, 6.45) is 0. The van der Waals surface area contributed by atoms with E-state index in [2.05, 4.69) is 0 Å². The van der Waals surface area contributed by atoms with E-state index >= 15 is 0 Å². The summed E-state index contributed by atoms with van der Waals surface area (Å²) < 4.78 is 14.1. The second-order valence-electron chi connectivity index (χ2n) is 4.33. The Morgan fingerprint density at radius 2 is 1.90 bits per heavy atom. The smallest absolute Gasteiger partial charge is 0.250 e. The maximum Gasteiger partial charge on any atom is 0.250 e. The average molecular weight is 273 g/mol. The van der Waals surface area contributed by atoms with Crippen molar-refractivity contribution in [1.29, 1.82) is 0 Å². The topological polar surface area (TPSA) is 72.3 Å². The molecule has 0 spiro atoms. The quantitative estimate of drug-likeness (QED) is 0.841. The van der Waals surface area contributed by atoms with Crippen molar-refractivity contribution >= 4 is 23.0 Å². The molecule has 0 unspecified atom stereocenters. The van der Waals surface area contributed by atoms with Crippen LogP contribution in [0, 0.1) is 5.82 Å². The van der Waals surface area contributed by atoms with E-state index in [0.29, 0.717) is 6.54 Å². The summed E-state index contributed by atoms with van der Waals surface area (Å²) in [7, 11) is 0. The number of amides is 1. The number of carbonyl (C=O) groups excluding carboxylic acids is 1. The van der Waals surface area contributed by atoms with Crippen LogP contribution in [0.2, 0.25) is 0 Å². The molecular weight excluding hydrogens is 257 g/mol. The maximum atomic E-state index is 14.1. The van der Waals surface area contributed by atoms with E-state index in [1.165, 1.54) is 6.07 Å². The lowest BCUT2D eigenvalue weighted by Gasteiger charge is -2.24. The molecule has 1 amide bonds. The minimum absolute atomic E-state index is 0.0443. The Bertz CT molecular complexity index is 629. The number of benzene rings is 2. The fourth-order valence-corrected chi connectivity index (χ4v) is 2.10. The first-order chi connectivity index (χ1) is 9.54. The first-order valence-electron chi connectivity index (χ1n) is 6.26. The number of nitrogens with zero attached hydrogens (tertiary/aromatic N) is 1. The van der Waals surface area contributed by atoms with Crippen LogP contribution in [0.15, 0.2) is 42.5 Å². The summed E-state index contributed by atoms with van der Waals surface area (Å²) >= 11 is 0. The number of nitrogen functional groups attached to an aromatic ring is 1. The Morgan fingerprint density at radius 1 is 1.25 bits per heavy atom. The third-order valence-corrected chi connectivity index (χ3v) is 3.06. The fourth-order valence-electron chi connectivity index (χ4n) is 2.10. The molecule has 0 saturated heterocycles. The minimum Gasteiger partial charge on any atom is -0.398 e. The Morgan fingerprint density at radius 3 is 2.45 bits per heavy atom. The highest BCUT2D eigenvalue weighted by molar-refractivity contribution is 5.99. The van der Waals surface area contributed by atoms with Gasteiger partial charge in [0, 0.05) is 17.9 Å². The summed E-state index contributed by atoms with van der Waals surface area (Å²) in [4.78, 5) is 13.1. The lowest BCUT2D eigenvalue weighted by atomic mass is 10.1. The molecule has 5 heteroatoms. The van der Waals surface area contributed by atoms with Gasteiger partial charge in [0.05, 0.1) is 11.3 Å². The molecule has 0 aliphatic rings. The van der Waals surface area contributed by atoms with Crippen molar-refractivity contribution in [3.63, 3.8) is 0 Å². The summed E-state index contributed by atoms with van der Waals surface area (Å²) in [5.74, 6) is -1.16. The van der Waals surface area contributed by atoms with E-state index in [0.717, 1.165) is 11.8 Å². The van der Waals surface area contributed by atoms with E-state index in [1.807, 2.05) is 37.3 Å². The summed E-state index contributed by atoms with van der Waals surface area (Å²) in [5.41, 5.74) is 12.1. The van der Waals surface area contributed by atoms with E-state index < -0.39 is 11.7 Å². The van der Waals surface area contributed by atoms with Crippen LogP contribution in [-0.4, -0.2) is 12.5 Å². The zero-order chi connectivity index (χ0) is 14.7. The lowest BCUT2D eigenvalue weighted by molar-refractivity contribution is 0.100. The third kappa shape index (κ3) is 2.56. The van der Waals surface area contributed by atoms with Gasteiger partial charge in [0.15, 0.2) is 0 Å². The standard InChI is InChI=1S/C15H16FN3O/c1-2-19(10-6-4-3-5-7-10)14-8-11(15(18)20)13(17)9-12(14)16/h3-9H,2,17H2,1H3,(H2,18,20). The predicted molar refractivity (Wildman–Crippen MR) is 78.5 cm³/mol. The number of hydrogen-bond donors (Lipinski definition) is 2. The molecule has 20 heavy (non-hydrogen) atoms. The Labute approximate surface area is 116 Å². The van der Waals surface area contributed by atoms with Gasteiger partial charge >= 0.3 is 0 Å². The van der Waals surface area contributed by atoms with Crippen LogP contribution in [-0.2, 0) is 0 Å². The first kappa shape index (κ1) is 13.9. The number of halogens is 1. The number of anilines is 3. The molecule has 0 saturated carbocycles. The van der Waals surface area contributed by atoms with Crippen molar-refractivity contribution in [2.75, 3.05) is 17.2 Å². The highest BCUT2D eigenvalue weighted by Gasteiger charge is 2.17. The molecule has 0 heterocycles. The van der Waals surface area contributed by atoms with Crippen LogP contribution < -0.4 is 16.4 Å². The highest BCUT2D eigenvalue weighted by Crippen LogP contribution is 2.30. The van der Waals surface area contributed by atoms with Crippen LogP contribution >= 0.6 is 0 Å². The first-order valence-corrected chi connectivity index (χ1v) is 6.26. The van der Waals surface area contributed by atoms with Crippen molar-refractivity contribution in [2.24, 2.45) is 5.73 Å². The molecular formula is C15H16FN3O. The van der Waals surface area contributed by atoms with Gasteiger partial charge in [-0.1, -0.05) is 18.2 Å². The molecule has 0 radical (unpaired) electrons. The van der Waals surface area contributed by atoms with E-state index in [4.69, 9.17) is 11.5 Å². The molecule has 0 atom stereocenters. The number of carbonyl (C=O) groups is 1. The lowest BCUT2D eigenvalue weighted by Crippen LogP contribution is -2.20. The van der Waals surface area contributed by atoms with Gasteiger partial charge in [-0.15, -0.1) is 0 Å². The largest absolute Gasteiger partial charge is 0.398 e. The molecule has 2 rings (SSSR count). The van der Waals surface area contributed by atoms with Crippen LogP contribution in [0.5, 0.6) is 0 Å². The molecule has 2 aromatic rings. The molecule has 0 aliphatic heterocycles. The second kappa shape index (κ2) is 5.61. The second-order valence-corrected chi connectivity index (χ2v) is 4.33. The fraction of sp³-hybridized carbons (Fsp3) is 0.133. The van der Waals surface area contributed by atoms with Gasteiger partial charge in [0.25, 0.3) is 5.91 Å². The predicted octanol–water partition coefficient (Wildman–Crippen LogP) is 2.66. The highest BCUT2D eigenvalue weighted by atomic mass is 19.1. The van der Waals surface area contributed by atoms with Gasteiger partial charge in [-0.25, -0.2) is 4.39 Å². The summed E-state index contributed by atoms with van der Waals surface area (Å²) in [5, 5.41) is 0. The molecule has 0 fully saturated rings. The third-order valence-electron chi connectivity index (χ3n) is 3.06. The van der Waals surface area contributed by atoms with Gasteiger partial charge < -0.3 is 16.4 Å². The Balaban J connectivity index is 2.55. The van der Waals surface area contributed by atoms with Crippen molar-refractivity contribution in [3.05, 3.63) is 53.8 Å². The van der Waals surface area contributed by atoms with Gasteiger partial charge in [0.2, 0.25) is 0 Å². The Hall–Kier alpha value is -2.56. The van der Waals surface area contributed by atoms with Crippen LogP contribution in [0.25, 0.3) is 0 Å². The summed E-state index contributed by atoms with van der Waals surface area (Å²) in [6.45, 7) is 2.44. The van der Waals surface area contributed by atoms with Crippen LogP contribution in [0.3, 0.4) is 0 Å². The van der Waals surface area contributed by atoms with Gasteiger partial charge in [-0.2, -0.15) is 0 Å². The van der Waals surface area contributed by atoms with Gasteiger partial charge in [-0.3, -0.25) is 4.79 Å². The molecule has 104 valence electrons. The maximum absolute atomic E-state index is 14.1. The zero-order valence-corrected chi connectivity index (χ0v) is 11.1. The van der Waals surface area contributed by atoms with E-state index in [9.17, 15) is 9.18 Å². The van der Waals surface area contributed by atoms with Crippen LogP contribution in [0.1, 0.15) is 17.3 Å². The van der Waals surface area contributed by atoms with Crippen molar-refractivity contribution < 1.29 is 9.18 Å². The number of nitrogens with two attached hydrogens (primary N) is 2. The van der Waals surface area contributed by atoms with E-state index in [1.54, 1.807) is 4.90 Å². The molecule has 2 aromatic carbocycles. The van der Waals surface area contributed by atoms with E-state index in [-0.39, 0.29) is 16.9 Å². The van der Waals surface area contributed by atoms with Crippen molar-refractivity contribution in [1.82, 2.24) is 0 Å². The van der Waals surface area contributed by atoms with Crippen molar-refractivity contribution in [3.8, 4) is 0 Å². The zero-order valence-electron chi connectivity index (χ0n) is 11.1. The number of primary amides is 1. The van der Waals surface area contributed by atoms with Crippen LogP contribution in [0.4, 0.5) is 21.5 Å². The number of rotatable bonds is 4. The normalized spacial score (nSPS) is 10.3. The number of para-hydroxylation sites is 1. The SMILES string of the molecule is CCN(c1ccccc1)c1cc(C(N)=O)c(N)cc1F. The minimum atomic E-state index is -0.673. The summed E-state index contributed by atoms with van der Waals surface area (Å²) in [6, 6.07) is 11.9. The molecule has 0 bridgehead atoms. The monoisotopic (exact) mass is 273 g/mol. The van der Waals surface area contributed by atoms with Gasteiger partial charge in [-0.05, 0) is 31.2 Å². The molecule has 4 N–H and O–H groups in total. The molecule has 0 aliphatic carbocycles. The number of hydrogen-bond acceptors (Lipinski definition) is 3. The molecule has 0 aromatic heterocycles. The molecule has 4 nitrogen and oxygen atoms in total. The van der Waals surface area contributed by atoms with Gasteiger partial charge in [0.1, 0.15) is 5.82 Å². The average Bonchev–Trinajstić information content (AvgIpc) is 2.42.